The highest BCUT2D eigenvalue weighted by atomic mass is 16.3. The number of pyridine rings is 1. The molecule has 0 bridgehead atoms. The third kappa shape index (κ3) is 3.53. The van der Waals surface area contributed by atoms with Crippen molar-refractivity contribution >= 4 is 28.4 Å². The highest BCUT2D eigenvalue weighted by Crippen LogP contribution is 2.25. The SMILES string of the molecule is O=C(Nc1ncccc1O)[C@@H]1CCCN(C(=O)c2cccc3ccccc23)C1. The Bertz CT molecular complexity index is 1030. The molecule has 2 N–H and O–H groups in total. The second-order valence-corrected chi connectivity index (χ2v) is 6.98. The molecule has 0 unspecified atom stereocenters. The van der Waals surface area contributed by atoms with Gasteiger partial charge in [-0.25, -0.2) is 4.98 Å². The molecule has 3 aromatic rings. The monoisotopic (exact) mass is 375 g/mol. The van der Waals surface area contributed by atoms with Crippen molar-refractivity contribution in [2.75, 3.05) is 18.4 Å². The number of anilines is 1. The van der Waals surface area contributed by atoms with Gasteiger partial charge in [0.05, 0.1) is 5.92 Å². The quantitative estimate of drug-likeness (QED) is 0.735. The fraction of sp³-hybridized carbons (Fsp3) is 0.227. The number of aromatic nitrogens is 1. The van der Waals surface area contributed by atoms with Crippen LogP contribution in [0.4, 0.5) is 5.82 Å². The number of carbonyl (C=O) groups excluding carboxylic acids is 2. The van der Waals surface area contributed by atoms with Crippen LogP contribution in [-0.4, -0.2) is 39.9 Å². The minimum atomic E-state index is -0.339. The van der Waals surface area contributed by atoms with E-state index in [0.29, 0.717) is 25.1 Å². The average Bonchev–Trinajstić information content (AvgIpc) is 2.74. The van der Waals surface area contributed by atoms with Crippen LogP contribution >= 0.6 is 0 Å². The molecule has 0 aliphatic carbocycles. The topological polar surface area (TPSA) is 82.5 Å². The number of aromatic hydroxyl groups is 1. The second-order valence-electron chi connectivity index (χ2n) is 6.98. The maximum absolute atomic E-state index is 13.1. The Kier molecular flexibility index (Phi) is 4.93. The van der Waals surface area contributed by atoms with E-state index >= 15 is 0 Å². The van der Waals surface area contributed by atoms with E-state index in [-0.39, 0.29) is 29.3 Å². The smallest absolute Gasteiger partial charge is 0.254 e. The molecule has 142 valence electrons. The number of hydrogen-bond donors (Lipinski definition) is 2. The zero-order chi connectivity index (χ0) is 19.5. The molecule has 2 heterocycles. The van der Waals surface area contributed by atoms with Crippen molar-refractivity contribution in [3.05, 3.63) is 66.4 Å². The number of benzene rings is 2. The Morgan fingerprint density at radius 2 is 1.89 bits per heavy atom. The highest BCUT2D eigenvalue weighted by molar-refractivity contribution is 6.07. The van der Waals surface area contributed by atoms with Gasteiger partial charge in [-0.2, -0.15) is 0 Å². The number of piperidine rings is 1. The number of likely N-dealkylation sites (tertiary alicyclic amines) is 1. The van der Waals surface area contributed by atoms with Gasteiger partial charge < -0.3 is 15.3 Å². The van der Waals surface area contributed by atoms with E-state index < -0.39 is 0 Å². The summed E-state index contributed by atoms with van der Waals surface area (Å²) in [6, 6.07) is 16.6. The molecule has 1 saturated heterocycles. The number of hydrogen-bond acceptors (Lipinski definition) is 4. The van der Waals surface area contributed by atoms with Crippen LogP contribution in [0.5, 0.6) is 5.75 Å². The summed E-state index contributed by atoms with van der Waals surface area (Å²) >= 11 is 0. The van der Waals surface area contributed by atoms with E-state index in [1.807, 2.05) is 42.5 Å². The Hall–Kier alpha value is -3.41. The summed E-state index contributed by atoms with van der Waals surface area (Å²) in [6.45, 7) is 0.974. The van der Waals surface area contributed by atoms with Crippen molar-refractivity contribution in [1.29, 1.82) is 0 Å². The van der Waals surface area contributed by atoms with Crippen LogP contribution in [0, 0.1) is 5.92 Å². The first-order valence-corrected chi connectivity index (χ1v) is 9.35. The van der Waals surface area contributed by atoms with E-state index in [4.69, 9.17) is 0 Å². The van der Waals surface area contributed by atoms with E-state index in [1.54, 1.807) is 11.0 Å². The van der Waals surface area contributed by atoms with Gasteiger partial charge >= 0.3 is 0 Å². The highest BCUT2D eigenvalue weighted by Gasteiger charge is 2.30. The maximum atomic E-state index is 13.1. The lowest BCUT2D eigenvalue weighted by Crippen LogP contribution is -2.43. The van der Waals surface area contributed by atoms with Crippen LogP contribution < -0.4 is 5.32 Å². The van der Waals surface area contributed by atoms with E-state index in [9.17, 15) is 14.7 Å². The van der Waals surface area contributed by atoms with E-state index in [1.165, 1.54) is 12.3 Å². The van der Waals surface area contributed by atoms with E-state index in [0.717, 1.165) is 17.2 Å². The van der Waals surface area contributed by atoms with Gasteiger partial charge in [0.15, 0.2) is 11.6 Å². The number of rotatable bonds is 3. The number of carbonyl (C=O) groups is 2. The van der Waals surface area contributed by atoms with Gasteiger partial charge in [0.1, 0.15) is 0 Å². The molecular formula is C22H21N3O3. The fourth-order valence-electron chi connectivity index (χ4n) is 3.67. The third-order valence-corrected chi connectivity index (χ3v) is 5.13. The van der Waals surface area contributed by atoms with Crippen LogP contribution in [0.3, 0.4) is 0 Å². The van der Waals surface area contributed by atoms with Gasteiger partial charge in [0.25, 0.3) is 5.91 Å². The molecule has 4 rings (SSSR count). The van der Waals surface area contributed by atoms with Crippen LogP contribution in [-0.2, 0) is 4.79 Å². The van der Waals surface area contributed by atoms with Crippen molar-refractivity contribution in [2.24, 2.45) is 5.92 Å². The Morgan fingerprint density at radius 3 is 2.75 bits per heavy atom. The predicted molar refractivity (Wildman–Crippen MR) is 107 cm³/mol. The van der Waals surface area contributed by atoms with E-state index in [2.05, 4.69) is 10.3 Å². The molecule has 1 atom stereocenters. The molecule has 1 fully saturated rings. The first-order valence-electron chi connectivity index (χ1n) is 9.35. The Labute approximate surface area is 162 Å². The lowest BCUT2D eigenvalue weighted by molar-refractivity contribution is -0.121. The van der Waals surface area contributed by atoms with Crippen molar-refractivity contribution in [2.45, 2.75) is 12.8 Å². The molecule has 6 nitrogen and oxygen atoms in total. The van der Waals surface area contributed by atoms with Crippen molar-refractivity contribution < 1.29 is 14.7 Å². The Morgan fingerprint density at radius 1 is 1.07 bits per heavy atom. The molecule has 0 saturated carbocycles. The summed E-state index contributed by atoms with van der Waals surface area (Å²) in [5.74, 6) is -0.561. The summed E-state index contributed by atoms with van der Waals surface area (Å²) in [7, 11) is 0. The summed E-state index contributed by atoms with van der Waals surface area (Å²) in [4.78, 5) is 31.5. The maximum Gasteiger partial charge on any atom is 0.254 e. The summed E-state index contributed by atoms with van der Waals surface area (Å²) in [5.41, 5.74) is 0.654. The Balaban J connectivity index is 1.51. The lowest BCUT2D eigenvalue weighted by Gasteiger charge is -2.32. The van der Waals surface area contributed by atoms with Gasteiger partial charge in [-0.15, -0.1) is 0 Å². The molecule has 28 heavy (non-hydrogen) atoms. The number of fused-ring (bicyclic) bond motifs is 1. The molecule has 1 aliphatic rings. The standard InChI is InChI=1S/C22H21N3O3/c26-19-11-4-12-23-20(19)24-21(27)16-8-5-13-25(14-16)22(28)18-10-3-7-15-6-1-2-9-17(15)18/h1-4,6-7,9-12,16,26H,5,8,13-14H2,(H,23,24,27)/t16-/m1/s1. The number of amides is 2. The normalized spacial score (nSPS) is 16.7. The third-order valence-electron chi connectivity index (χ3n) is 5.13. The zero-order valence-electron chi connectivity index (χ0n) is 15.3. The molecule has 0 spiro atoms. The summed E-state index contributed by atoms with van der Waals surface area (Å²) in [5, 5.41) is 14.4. The van der Waals surface area contributed by atoms with Gasteiger partial charge in [0, 0.05) is 24.8 Å². The largest absolute Gasteiger partial charge is 0.504 e. The average molecular weight is 375 g/mol. The molecule has 2 amide bonds. The van der Waals surface area contributed by atoms with Crippen LogP contribution in [0.2, 0.25) is 0 Å². The van der Waals surface area contributed by atoms with Crippen molar-refractivity contribution in [3.8, 4) is 5.75 Å². The van der Waals surface area contributed by atoms with Gasteiger partial charge in [-0.3, -0.25) is 9.59 Å². The molecule has 6 heteroatoms. The molecular weight excluding hydrogens is 354 g/mol. The number of nitrogens with one attached hydrogen (secondary N) is 1. The molecule has 2 aromatic carbocycles. The van der Waals surface area contributed by atoms with Crippen molar-refractivity contribution in [1.82, 2.24) is 9.88 Å². The van der Waals surface area contributed by atoms with Gasteiger partial charge in [-0.1, -0.05) is 36.4 Å². The lowest BCUT2D eigenvalue weighted by atomic mass is 9.95. The minimum Gasteiger partial charge on any atom is -0.504 e. The zero-order valence-corrected chi connectivity index (χ0v) is 15.3. The summed E-state index contributed by atoms with van der Waals surface area (Å²) < 4.78 is 0. The van der Waals surface area contributed by atoms with Crippen LogP contribution in [0.15, 0.2) is 60.8 Å². The van der Waals surface area contributed by atoms with Crippen molar-refractivity contribution in [3.63, 3.8) is 0 Å². The first kappa shape index (κ1) is 18.0. The number of nitrogens with zero attached hydrogens (tertiary/aromatic N) is 2. The molecule has 0 radical (unpaired) electrons. The minimum absolute atomic E-state index is 0.0602. The van der Waals surface area contributed by atoms with Gasteiger partial charge in [0.2, 0.25) is 5.91 Å². The van der Waals surface area contributed by atoms with Crippen LogP contribution in [0.25, 0.3) is 10.8 Å². The molecule has 1 aliphatic heterocycles. The summed E-state index contributed by atoms with van der Waals surface area (Å²) in [6.07, 6.45) is 2.95. The second kappa shape index (κ2) is 7.68. The fourth-order valence-corrected chi connectivity index (χ4v) is 3.67. The predicted octanol–water partition coefficient (Wildman–Crippen LogP) is 3.43. The van der Waals surface area contributed by atoms with Gasteiger partial charge in [-0.05, 0) is 41.8 Å². The molecule has 1 aromatic heterocycles. The van der Waals surface area contributed by atoms with Crippen LogP contribution in [0.1, 0.15) is 23.2 Å². The first-order chi connectivity index (χ1) is 13.6.